The summed E-state index contributed by atoms with van der Waals surface area (Å²) in [7, 11) is 0. The van der Waals surface area contributed by atoms with Crippen molar-refractivity contribution in [1.29, 1.82) is 0 Å². The molecule has 1 fully saturated rings. The summed E-state index contributed by atoms with van der Waals surface area (Å²) < 4.78 is 1.00. The minimum absolute atomic E-state index is 0.195. The van der Waals surface area contributed by atoms with E-state index in [0.717, 1.165) is 15.1 Å². The fraction of sp³-hybridized carbons (Fsp3) is 0.429. The number of carboxylic acid groups (broad SMARTS) is 1. The van der Waals surface area contributed by atoms with Crippen LogP contribution in [0, 0.1) is 0 Å². The van der Waals surface area contributed by atoms with E-state index in [0.29, 0.717) is 24.3 Å². The monoisotopic (exact) mass is 389 g/mol. The largest absolute Gasteiger partial charge is 0.479 e. The first-order chi connectivity index (χ1) is 10.0. The number of halogens is 1. The third-order valence-electron chi connectivity index (χ3n) is 3.23. The predicted molar refractivity (Wildman–Crippen MR) is 89.9 cm³/mol. The lowest BCUT2D eigenvalue weighted by Gasteiger charge is -2.24. The van der Waals surface area contributed by atoms with Crippen LogP contribution in [0.15, 0.2) is 33.6 Å². The van der Waals surface area contributed by atoms with Gasteiger partial charge in [0.2, 0.25) is 5.91 Å². The Hall–Kier alpha value is -0.660. The van der Waals surface area contributed by atoms with Crippen molar-refractivity contribution in [3.63, 3.8) is 0 Å². The molecular weight excluding hydrogens is 374 g/mol. The van der Waals surface area contributed by atoms with Crippen molar-refractivity contribution in [3.05, 3.63) is 28.7 Å². The average molecular weight is 390 g/mol. The zero-order valence-corrected chi connectivity index (χ0v) is 14.5. The number of aliphatic carboxylic acids is 1. The number of benzene rings is 1. The molecule has 114 valence electrons. The molecule has 7 heteroatoms. The lowest BCUT2D eigenvalue weighted by atomic mass is 9.99. The standard InChI is InChI=1S/C14H16BrNO3S2/c15-10-3-1-2-4-11(10)21-7-5-12(17)16-14(13(18)19)6-8-20-9-14/h1-4H,5-9H2,(H,16,17)(H,18,19). The minimum atomic E-state index is -1.07. The number of hydrogen-bond acceptors (Lipinski definition) is 4. The van der Waals surface area contributed by atoms with Crippen molar-refractivity contribution in [2.45, 2.75) is 23.3 Å². The molecule has 1 unspecified atom stereocenters. The second-order valence-corrected chi connectivity index (χ2v) is 7.86. The summed E-state index contributed by atoms with van der Waals surface area (Å²) in [5.41, 5.74) is -1.07. The zero-order chi connectivity index (χ0) is 15.3. The van der Waals surface area contributed by atoms with Gasteiger partial charge in [-0.2, -0.15) is 11.8 Å². The Balaban J connectivity index is 1.82. The van der Waals surface area contributed by atoms with Gasteiger partial charge in [0.05, 0.1) is 0 Å². The minimum Gasteiger partial charge on any atom is -0.479 e. The normalized spacial score (nSPS) is 21.2. The highest BCUT2D eigenvalue weighted by atomic mass is 79.9. The van der Waals surface area contributed by atoms with Gasteiger partial charge in [-0.3, -0.25) is 4.79 Å². The van der Waals surface area contributed by atoms with Crippen LogP contribution in [0.5, 0.6) is 0 Å². The van der Waals surface area contributed by atoms with E-state index in [2.05, 4.69) is 21.2 Å². The van der Waals surface area contributed by atoms with Crippen molar-refractivity contribution >= 4 is 51.3 Å². The van der Waals surface area contributed by atoms with Crippen molar-refractivity contribution in [2.75, 3.05) is 17.3 Å². The second-order valence-electron chi connectivity index (χ2n) is 4.77. The first kappa shape index (κ1) is 16.7. The predicted octanol–water partition coefficient (Wildman–Crippen LogP) is 3.01. The molecule has 1 atom stereocenters. The number of carbonyl (C=O) groups excluding carboxylic acids is 1. The van der Waals surface area contributed by atoms with Crippen LogP contribution in [0.25, 0.3) is 0 Å². The molecule has 0 bridgehead atoms. The summed E-state index contributed by atoms with van der Waals surface area (Å²) in [5.74, 6) is 0.722. The SMILES string of the molecule is O=C(CCSc1ccccc1Br)NC1(C(=O)O)CCSC1. The third-order valence-corrected chi connectivity index (χ3v) is 6.45. The van der Waals surface area contributed by atoms with E-state index in [9.17, 15) is 14.7 Å². The average Bonchev–Trinajstić information content (AvgIpc) is 2.91. The third kappa shape index (κ3) is 4.40. The summed E-state index contributed by atoms with van der Waals surface area (Å²) >= 11 is 6.61. The van der Waals surface area contributed by atoms with Gasteiger partial charge in [0, 0.05) is 27.3 Å². The van der Waals surface area contributed by atoms with Gasteiger partial charge in [-0.1, -0.05) is 12.1 Å². The molecule has 0 spiro atoms. The molecule has 21 heavy (non-hydrogen) atoms. The Kier molecular flexibility index (Phi) is 6.01. The van der Waals surface area contributed by atoms with Gasteiger partial charge in [0.25, 0.3) is 0 Å². The maximum atomic E-state index is 12.0. The number of carboxylic acids is 1. The molecule has 1 aromatic rings. The molecule has 2 N–H and O–H groups in total. The second kappa shape index (κ2) is 7.56. The van der Waals surface area contributed by atoms with E-state index in [1.807, 2.05) is 24.3 Å². The van der Waals surface area contributed by atoms with E-state index >= 15 is 0 Å². The van der Waals surface area contributed by atoms with Crippen molar-refractivity contribution in [3.8, 4) is 0 Å². The number of hydrogen-bond donors (Lipinski definition) is 2. The van der Waals surface area contributed by atoms with E-state index in [1.165, 1.54) is 0 Å². The van der Waals surface area contributed by atoms with Gasteiger partial charge < -0.3 is 10.4 Å². The highest BCUT2D eigenvalue weighted by Gasteiger charge is 2.43. The Bertz CT molecular complexity index is 533. The van der Waals surface area contributed by atoms with Crippen LogP contribution >= 0.6 is 39.5 Å². The van der Waals surface area contributed by atoms with Crippen LogP contribution < -0.4 is 5.32 Å². The van der Waals surface area contributed by atoms with Crippen molar-refractivity contribution in [2.24, 2.45) is 0 Å². The van der Waals surface area contributed by atoms with Gasteiger partial charge in [-0.25, -0.2) is 4.79 Å². The van der Waals surface area contributed by atoms with E-state index in [-0.39, 0.29) is 5.91 Å². The lowest BCUT2D eigenvalue weighted by molar-refractivity contribution is -0.146. The molecule has 1 heterocycles. The first-order valence-electron chi connectivity index (χ1n) is 6.53. The molecule has 1 aromatic carbocycles. The summed E-state index contributed by atoms with van der Waals surface area (Å²) in [6, 6.07) is 7.83. The van der Waals surface area contributed by atoms with Crippen molar-refractivity contribution < 1.29 is 14.7 Å². The van der Waals surface area contributed by atoms with Gasteiger partial charge >= 0.3 is 5.97 Å². The zero-order valence-electron chi connectivity index (χ0n) is 11.3. The van der Waals surface area contributed by atoms with Crippen molar-refractivity contribution in [1.82, 2.24) is 5.32 Å². The molecule has 2 rings (SSSR count). The molecule has 1 saturated heterocycles. The summed E-state index contributed by atoms with van der Waals surface area (Å²) in [5, 5.41) is 12.0. The van der Waals surface area contributed by atoms with Gasteiger partial charge in [-0.15, -0.1) is 11.8 Å². The van der Waals surface area contributed by atoms with Crippen LogP contribution in [0.3, 0.4) is 0 Å². The number of nitrogens with one attached hydrogen (secondary N) is 1. The summed E-state index contributed by atoms with van der Waals surface area (Å²) in [6.45, 7) is 0. The maximum absolute atomic E-state index is 12.0. The van der Waals surface area contributed by atoms with Crippen LogP contribution in [-0.2, 0) is 9.59 Å². The molecule has 4 nitrogen and oxygen atoms in total. The van der Waals surface area contributed by atoms with E-state index < -0.39 is 11.5 Å². The number of amides is 1. The topological polar surface area (TPSA) is 66.4 Å². The van der Waals surface area contributed by atoms with E-state index in [4.69, 9.17) is 0 Å². The smallest absolute Gasteiger partial charge is 0.330 e. The molecule has 1 amide bonds. The molecule has 1 aliphatic rings. The first-order valence-corrected chi connectivity index (χ1v) is 9.46. The Morgan fingerprint density at radius 3 is 2.81 bits per heavy atom. The molecule has 0 aliphatic carbocycles. The summed E-state index contributed by atoms with van der Waals surface area (Å²) in [6.07, 6.45) is 0.807. The van der Waals surface area contributed by atoms with Crippen LogP contribution in [0.4, 0.5) is 0 Å². The number of thioether (sulfide) groups is 2. The maximum Gasteiger partial charge on any atom is 0.330 e. The molecule has 0 aromatic heterocycles. The molecular formula is C14H16BrNO3S2. The molecule has 0 saturated carbocycles. The lowest BCUT2D eigenvalue weighted by Crippen LogP contribution is -2.54. The highest BCUT2D eigenvalue weighted by molar-refractivity contribution is 9.10. The van der Waals surface area contributed by atoms with Gasteiger partial charge in [0.1, 0.15) is 5.54 Å². The Labute approximate surface area is 140 Å². The molecule has 1 aliphatic heterocycles. The van der Waals surface area contributed by atoms with Crippen LogP contribution in [0.1, 0.15) is 12.8 Å². The van der Waals surface area contributed by atoms with Crippen LogP contribution in [-0.4, -0.2) is 39.8 Å². The van der Waals surface area contributed by atoms with E-state index in [1.54, 1.807) is 23.5 Å². The van der Waals surface area contributed by atoms with Gasteiger partial charge in [-0.05, 0) is 40.2 Å². The van der Waals surface area contributed by atoms with Crippen LogP contribution in [0.2, 0.25) is 0 Å². The fourth-order valence-corrected chi connectivity index (χ4v) is 4.87. The molecule has 0 radical (unpaired) electrons. The number of rotatable bonds is 6. The summed E-state index contributed by atoms with van der Waals surface area (Å²) in [4.78, 5) is 24.4. The number of carbonyl (C=O) groups is 2. The highest BCUT2D eigenvalue weighted by Crippen LogP contribution is 2.29. The van der Waals surface area contributed by atoms with Gasteiger partial charge in [0.15, 0.2) is 0 Å². The fourth-order valence-electron chi connectivity index (χ4n) is 2.03. The quantitative estimate of drug-likeness (QED) is 0.731. The Morgan fingerprint density at radius 2 is 2.19 bits per heavy atom. The Morgan fingerprint density at radius 1 is 1.43 bits per heavy atom.